The van der Waals surface area contributed by atoms with Crippen molar-refractivity contribution < 1.29 is 15.0 Å². The van der Waals surface area contributed by atoms with Crippen molar-refractivity contribution in [2.75, 3.05) is 7.11 Å². The highest BCUT2D eigenvalue weighted by molar-refractivity contribution is 5.66. The van der Waals surface area contributed by atoms with E-state index in [1.807, 2.05) is 0 Å². The fourth-order valence-electron chi connectivity index (χ4n) is 2.35. The molecule has 0 unspecified atom stereocenters. The standard InChI is InChI=1S/C18H34O2.CH4O.H3N/c1-2-3-4-5-6-7-8-9-10-11-12-13-14-15-16-17-18(19)20;1-2;/h9-10H,2-8,11-17H2,1H3,(H,19,20);2H,1H3;1H3. The molecule has 0 aromatic carbocycles. The number of hydrogen-bond acceptors (Lipinski definition) is 3. The number of carboxylic acid groups (broad SMARTS) is 1. The van der Waals surface area contributed by atoms with Crippen LogP contribution in [-0.4, -0.2) is 23.3 Å². The first-order chi connectivity index (χ1) is 10.8. The van der Waals surface area contributed by atoms with Crippen LogP contribution in [-0.2, 0) is 4.79 Å². The number of aliphatic hydroxyl groups excluding tert-OH is 1. The highest BCUT2D eigenvalue weighted by atomic mass is 16.4. The maximum Gasteiger partial charge on any atom is 0.303 e. The van der Waals surface area contributed by atoms with Gasteiger partial charge in [0, 0.05) is 13.5 Å². The molecule has 0 amide bonds. The molecule has 0 fully saturated rings. The SMILES string of the molecule is CCCCCCCCC=CCCCCCCCC(=O)O.CO.N. The molecule has 0 spiro atoms. The van der Waals surface area contributed by atoms with Gasteiger partial charge in [0.05, 0.1) is 0 Å². The average molecular weight is 332 g/mol. The molecule has 0 atom stereocenters. The van der Waals surface area contributed by atoms with Crippen LogP contribution >= 0.6 is 0 Å². The summed E-state index contributed by atoms with van der Waals surface area (Å²) in [7, 11) is 1.00. The Morgan fingerprint density at radius 3 is 1.57 bits per heavy atom. The van der Waals surface area contributed by atoms with Gasteiger partial charge in [-0.2, -0.15) is 0 Å². The lowest BCUT2D eigenvalue weighted by Gasteiger charge is -1.99. The van der Waals surface area contributed by atoms with Crippen LogP contribution < -0.4 is 6.15 Å². The quantitative estimate of drug-likeness (QED) is 0.258. The molecule has 0 aliphatic rings. The van der Waals surface area contributed by atoms with Crippen LogP contribution in [0.1, 0.15) is 96.8 Å². The lowest BCUT2D eigenvalue weighted by atomic mass is 10.1. The molecule has 0 aliphatic heterocycles. The van der Waals surface area contributed by atoms with E-state index in [1.165, 1.54) is 70.6 Å². The van der Waals surface area contributed by atoms with E-state index in [0.29, 0.717) is 6.42 Å². The van der Waals surface area contributed by atoms with Crippen molar-refractivity contribution in [3.63, 3.8) is 0 Å². The van der Waals surface area contributed by atoms with Crippen LogP contribution in [0.15, 0.2) is 12.2 Å². The summed E-state index contributed by atoms with van der Waals surface area (Å²) in [6.07, 6.45) is 21.2. The van der Waals surface area contributed by atoms with Gasteiger partial charge in [0.15, 0.2) is 0 Å². The van der Waals surface area contributed by atoms with Gasteiger partial charge in [-0.15, -0.1) is 0 Å². The zero-order valence-electron chi connectivity index (χ0n) is 15.6. The van der Waals surface area contributed by atoms with Crippen LogP contribution in [0.4, 0.5) is 0 Å². The Labute approximate surface area is 144 Å². The highest BCUT2D eigenvalue weighted by Gasteiger charge is 1.95. The van der Waals surface area contributed by atoms with Gasteiger partial charge < -0.3 is 16.4 Å². The Kier molecular flexibility index (Phi) is 30.6. The van der Waals surface area contributed by atoms with Gasteiger partial charge in [-0.05, 0) is 32.1 Å². The zero-order valence-corrected chi connectivity index (χ0v) is 15.6. The van der Waals surface area contributed by atoms with Crippen molar-refractivity contribution in [3.05, 3.63) is 12.2 Å². The monoisotopic (exact) mass is 331 g/mol. The third kappa shape index (κ3) is 29.7. The zero-order chi connectivity index (χ0) is 16.9. The maximum atomic E-state index is 10.3. The number of hydrogen-bond donors (Lipinski definition) is 3. The normalized spacial score (nSPS) is 10.0. The number of carboxylic acids is 1. The van der Waals surface area contributed by atoms with E-state index in [0.717, 1.165) is 20.0 Å². The second kappa shape index (κ2) is 26.0. The second-order valence-electron chi connectivity index (χ2n) is 5.73. The van der Waals surface area contributed by atoms with E-state index < -0.39 is 5.97 Å². The van der Waals surface area contributed by atoms with E-state index in [4.69, 9.17) is 10.2 Å². The molecule has 0 heterocycles. The highest BCUT2D eigenvalue weighted by Crippen LogP contribution is 2.09. The Morgan fingerprint density at radius 1 is 0.739 bits per heavy atom. The molecule has 140 valence electrons. The fourth-order valence-corrected chi connectivity index (χ4v) is 2.35. The molecular weight excluding hydrogens is 290 g/mol. The van der Waals surface area contributed by atoms with Gasteiger partial charge in [0.2, 0.25) is 0 Å². The van der Waals surface area contributed by atoms with Crippen LogP contribution in [0.3, 0.4) is 0 Å². The number of rotatable bonds is 15. The van der Waals surface area contributed by atoms with Gasteiger partial charge in [0.1, 0.15) is 0 Å². The molecular formula is C19H41NO3. The first-order valence-corrected chi connectivity index (χ1v) is 9.09. The summed E-state index contributed by atoms with van der Waals surface area (Å²) in [5, 5.41) is 15.5. The Morgan fingerprint density at radius 2 is 1.13 bits per heavy atom. The van der Waals surface area contributed by atoms with Gasteiger partial charge in [-0.25, -0.2) is 0 Å². The van der Waals surface area contributed by atoms with E-state index in [1.54, 1.807) is 0 Å². The molecule has 4 heteroatoms. The summed E-state index contributed by atoms with van der Waals surface area (Å²) in [4.78, 5) is 10.3. The van der Waals surface area contributed by atoms with Crippen molar-refractivity contribution in [2.24, 2.45) is 0 Å². The number of aliphatic hydroxyl groups is 1. The van der Waals surface area contributed by atoms with Crippen molar-refractivity contribution >= 4 is 5.97 Å². The molecule has 4 nitrogen and oxygen atoms in total. The van der Waals surface area contributed by atoms with E-state index in [9.17, 15) is 4.79 Å². The summed E-state index contributed by atoms with van der Waals surface area (Å²) >= 11 is 0. The Bertz CT molecular complexity index is 243. The van der Waals surface area contributed by atoms with Crippen molar-refractivity contribution in [3.8, 4) is 0 Å². The number of allylic oxidation sites excluding steroid dienone is 2. The Hall–Kier alpha value is -0.870. The number of carbonyl (C=O) groups is 1. The van der Waals surface area contributed by atoms with Crippen molar-refractivity contribution in [2.45, 2.75) is 96.8 Å². The molecule has 0 aliphatic carbocycles. The molecule has 0 aromatic heterocycles. The summed E-state index contributed by atoms with van der Waals surface area (Å²) in [5.74, 6) is -0.664. The van der Waals surface area contributed by atoms with Gasteiger partial charge in [-0.1, -0.05) is 70.4 Å². The largest absolute Gasteiger partial charge is 0.481 e. The molecule has 0 saturated carbocycles. The van der Waals surface area contributed by atoms with E-state index >= 15 is 0 Å². The molecule has 0 radical (unpaired) electrons. The van der Waals surface area contributed by atoms with E-state index in [-0.39, 0.29) is 6.15 Å². The minimum Gasteiger partial charge on any atom is -0.481 e. The van der Waals surface area contributed by atoms with Crippen LogP contribution in [0.5, 0.6) is 0 Å². The third-order valence-corrected chi connectivity index (χ3v) is 3.65. The predicted octanol–water partition coefficient (Wildman–Crippen LogP) is 5.88. The summed E-state index contributed by atoms with van der Waals surface area (Å²) in [6, 6.07) is 0. The summed E-state index contributed by atoms with van der Waals surface area (Å²) < 4.78 is 0. The topological polar surface area (TPSA) is 92.5 Å². The molecule has 5 N–H and O–H groups in total. The first kappa shape index (κ1) is 27.0. The summed E-state index contributed by atoms with van der Waals surface area (Å²) in [6.45, 7) is 2.26. The minimum absolute atomic E-state index is 0. The second-order valence-corrected chi connectivity index (χ2v) is 5.73. The predicted molar refractivity (Wildman–Crippen MR) is 100 cm³/mol. The molecule has 0 rings (SSSR count). The maximum absolute atomic E-state index is 10.3. The van der Waals surface area contributed by atoms with Crippen molar-refractivity contribution in [1.82, 2.24) is 6.15 Å². The van der Waals surface area contributed by atoms with Crippen LogP contribution in [0.2, 0.25) is 0 Å². The number of unbranched alkanes of at least 4 members (excludes halogenated alkanes) is 11. The molecule has 23 heavy (non-hydrogen) atoms. The minimum atomic E-state index is -0.664. The Balaban J connectivity index is -0.00000128. The van der Waals surface area contributed by atoms with E-state index in [2.05, 4.69) is 19.1 Å². The summed E-state index contributed by atoms with van der Waals surface area (Å²) in [5.41, 5.74) is 0. The molecule has 0 bridgehead atoms. The number of aliphatic carboxylic acids is 1. The molecule has 0 saturated heterocycles. The molecule has 0 aromatic rings. The van der Waals surface area contributed by atoms with Gasteiger partial charge in [0.25, 0.3) is 0 Å². The average Bonchev–Trinajstić information content (AvgIpc) is 2.53. The van der Waals surface area contributed by atoms with Crippen LogP contribution in [0.25, 0.3) is 0 Å². The van der Waals surface area contributed by atoms with Crippen LogP contribution in [0, 0.1) is 0 Å². The van der Waals surface area contributed by atoms with Gasteiger partial charge in [-0.3, -0.25) is 4.79 Å². The first-order valence-electron chi connectivity index (χ1n) is 9.09. The van der Waals surface area contributed by atoms with Crippen molar-refractivity contribution in [1.29, 1.82) is 0 Å². The lowest BCUT2D eigenvalue weighted by molar-refractivity contribution is -0.137. The fraction of sp³-hybridized carbons (Fsp3) is 0.842. The van der Waals surface area contributed by atoms with Gasteiger partial charge >= 0.3 is 5.97 Å². The lowest BCUT2D eigenvalue weighted by Crippen LogP contribution is -1.93. The third-order valence-electron chi connectivity index (χ3n) is 3.65. The smallest absolute Gasteiger partial charge is 0.303 e.